The van der Waals surface area contributed by atoms with Gasteiger partial charge in [-0.15, -0.1) is 0 Å². The fourth-order valence-electron chi connectivity index (χ4n) is 2.68. The van der Waals surface area contributed by atoms with Crippen LogP contribution in [0.2, 0.25) is 0 Å². The van der Waals surface area contributed by atoms with Crippen LogP contribution in [0.15, 0.2) is 36.4 Å². The van der Waals surface area contributed by atoms with Crippen molar-refractivity contribution in [3.05, 3.63) is 47.8 Å². The third-order valence-corrected chi connectivity index (χ3v) is 4.33. The van der Waals surface area contributed by atoms with E-state index in [0.717, 1.165) is 4.90 Å². The number of likely N-dealkylation sites (tertiary alicyclic amines) is 1. The number of amides is 3. The van der Waals surface area contributed by atoms with E-state index in [9.17, 15) is 28.4 Å². The minimum Gasteiger partial charge on any atom is -0.478 e. The maximum Gasteiger partial charge on any atom is 0.328 e. The number of likely N-dealkylation sites (N-methyl/N-ethyl adjacent to an activating group) is 1. The van der Waals surface area contributed by atoms with Crippen LogP contribution < -0.4 is 5.32 Å². The van der Waals surface area contributed by atoms with Crippen LogP contribution in [0.1, 0.15) is 18.9 Å². The van der Waals surface area contributed by atoms with Gasteiger partial charge in [0.2, 0.25) is 17.7 Å². The Kier molecular flexibility index (Phi) is 9.48. The summed E-state index contributed by atoms with van der Waals surface area (Å²) in [6.07, 6.45) is 1.18. The van der Waals surface area contributed by atoms with E-state index < -0.39 is 35.7 Å². The smallest absolute Gasteiger partial charge is 0.328 e. The van der Waals surface area contributed by atoms with E-state index in [0.29, 0.717) is 17.7 Å². The summed E-state index contributed by atoms with van der Waals surface area (Å²) in [7, 11) is 3.42. The molecule has 1 heterocycles. The Labute approximate surface area is 177 Å². The number of hydrogen-bond donors (Lipinski definition) is 3. The van der Waals surface area contributed by atoms with Gasteiger partial charge in [-0.2, -0.15) is 0 Å². The summed E-state index contributed by atoms with van der Waals surface area (Å²) in [4.78, 5) is 58.2. The number of aliphatic carboxylic acids is 2. The summed E-state index contributed by atoms with van der Waals surface area (Å²) < 4.78 is 13.5. The summed E-state index contributed by atoms with van der Waals surface area (Å²) in [5.41, 5.74) is 0.346. The molecule has 1 unspecified atom stereocenters. The Balaban J connectivity index is 0.000000512. The van der Waals surface area contributed by atoms with E-state index in [2.05, 4.69) is 5.32 Å². The first-order chi connectivity index (χ1) is 14.5. The van der Waals surface area contributed by atoms with Crippen molar-refractivity contribution in [3.8, 4) is 0 Å². The van der Waals surface area contributed by atoms with Crippen LogP contribution in [0.25, 0.3) is 0 Å². The van der Waals surface area contributed by atoms with Crippen LogP contribution in [-0.2, 0) is 30.5 Å². The Bertz CT molecular complexity index is 869. The molecular formula is C20H24FN3O7. The van der Waals surface area contributed by atoms with Crippen molar-refractivity contribution in [1.29, 1.82) is 0 Å². The maximum absolute atomic E-state index is 13.5. The number of carboxylic acids is 2. The maximum atomic E-state index is 13.5. The van der Waals surface area contributed by atoms with E-state index in [1.165, 1.54) is 13.0 Å². The van der Waals surface area contributed by atoms with Crippen molar-refractivity contribution in [2.45, 2.75) is 32.0 Å². The second-order valence-electron chi connectivity index (χ2n) is 6.78. The number of nitrogens with one attached hydrogen (secondary N) is 1. The summed E-state index contributed by atoms with van der Waals surface area (Å²) >= 11 is 0. The van der Waals surface area contributed by atoms with E-state index in [4.69, 9.17) is 10.2 Å². The van der Waals surface area contributed by atoms with E-state index in [1.54, 1.807) is 37.2 Å². The average molecular weight is 437 g/mol. The number of carbonyl (C=O) groups excluding carboxylic acids is 3. The van der Waals surface area contributed by atoms with Gasteiger partial charge >= 0.3 is 11.9 Å². The summed E-state index contributed by atoms with van der Waals surface area (Å²) in [5.74, 6) is -4.17. The van der Waals surface area contributed by atoms with Crippen LogP contribution in [0.5, 0.6) is 0 Å². The third kappa shape index (κ3) is 7.63. The Morgan fingerprint density at radius 3 is 2.19 bits per heavy atom. The first-order valence-electron chi connectivity index (χ1n) is 9.13. The number of nitrogens with zero attached hydrogens (tertiary/aromatic N) is 2. The Hall–Kier alpha value is -3.60. The van der Waals surface area contributed by atoms with Crippen LogP contribution in [-0.4, -0.2) is 75.9 Å². The molecule has 10 nitrogen and oxygen atoms in total. The normalized spacial score (nSPS) is 16.8. The van der Waals surface area contributed by atoms with Gasteiger partial charge in [-0.05, 0) is 27.1 Å². The summed E-state index contributed by atoms with van der Waals surface area (Å²) in [5, 5.41) is 18.2. The van der Waals surface area contributed by atoms with Gasteiger partial charge in [0.15, 0.2) is 0 Å². The summed E-state index contributed by atoms with van der Waals surface area (Å²) in [6, 6.07) is 4.64. The minimum atomic E-state index is -1.26. The van der Waals surface area contributed by atoms with Gasteiger partial charge in [0.05, 0.1) is 12.5 Å². The molecule has 0 radical (unpaired) electrons. The zero-order valence-corrected chi connectivity index (χ0v) is 17.2. The van der Waals surface area contributed by atoms with Gasteiger partial charge in [-0.25, -0.2) is 14.0 Å². The molecule has 1 saturated heterocycles. The van der Waals surface area contributed by atoms with Crippen molar-refractivity contribution in [3.63, 3.8) is 0 Å². The zero-order valence-electron chi connectivity index (χ0n) is 17.2. The van der Waals surface area contributed by atoms with Gasteiger partial charge in [0.1, 0.15) is 11.9 Å². The molecule has 0 bridgehead atoms. The Morgan fingerprint density at radius 1 is 1.19 bits per heavy atom. The topological polar surface area (TPSA) is 144 Å². The molecule has 2 rings (SSSR count). The monoisotopic (exact) mass is 437 g/mol. The van der Waals surface area contributed by atoms with Gasteiger partial charge in [0, 0.05) is 24.3 Å². The predicted molar refractivity (Wildman–Crippen MR) is 106 cm³/mol. The highest BCUT2D eigenvalue weighted by Gasteiger charge is 2.43. The van der Waals surface area contributed by atoms with Crippen LogP contribution in [0, 0.1) is 5.82 Å². The molecule has 1 aromatic rings. The SMILES string of the molecule is CC(C(=O)NCc1ccccc1F)N1C(=O)C[C@H](N(C)C)C1=O.O=C(O)/C=C/C(=O)O. The number of carboxylic acid groups (broad SMARTS) is 2. The summed E-state index contributed by atoms with van der Waals surface area (Å²) in [6.45, 7) is 1.49. The van der Waals surface area contributed by atoms with Crippen LogP contribution in [0.4, 0.5) is 4.39 Å². The van der Waals surface area contributed by atoms with E-state index >= 15 is 0 Å². The van der Waals surface area contributed by atoms with Crippen molar-refractivity contribution < 1.29 is 38.6 Å². The van der Waals surface area contributed by atoms with Crippen LogP contribution >= 0.6 is 0 Å². The molecule has 1 aliphatic heterocycles. The second-order valence-corrected chi connectivity index (χ2v) is 6.78. The molecule has 1 aliphatic rings. The molecule has 31 heavy (non-hydrogen) atoms. The molecule has 1 fully saturated rings. The third-order valence-electron chi connectivity index (χ3n) is 4.33. The lowest BCUT2D eigenvalue weighted by molar-refractivity contribution is -0.147. The van der Waals surface area contributed by atoms with Gasteiger partial charge in [-0.1, -0.05) is 18.2 Å². The lowest BCUT2D eigenvalue weighted by atomic mass is 10.2. The number of carbonyl (C=O) groups is 5. The number of rotatable bonds is 7. The highest BCUT2D eigenvalue weighted by molar-refractivity contribution is 6.08. The van der Waals surface area contributed by atoms with Crippen LogP contribution in [0.3, 0.4) is 0 Å². The highest BCUT2D eigenvalue weighted by Crippen LogP contribution is 2.19. The first-order valence-corrected chi connectivity index (χ1v) is 9.13. The molecule has 0 aromatic heterocycles. The van der Waals surface area contributed by atoms with E-state index in [1.807, 2.05) is 0 Å². The van der Waals surface area contributed by atoms with Gasteiger partial charge in [-0.3, -0.25) is 24.2 Å². The lowest BCUT2D eigenvalue weighted by Crippen LogP contribution is -2.49. The number of hydrogen-bond acceptors (Lipinski definition) is 6. The Morgan fingerprint density at radius 2 is 1.74 bits per heavy atom. The molecule has 0 spiro atoms. The number of imide groups is 1. The second kappa shape index (κ2) is 11.6. The highest BCUT2D eigenvalue weighted by atomic mass is 19.1. The minimum absolute atomic E-state index is 0.00315. The van der Waals surface area contributed by atoms with Gasteiger partial charge in [0.25, 0.3) is 0 Å². The fraction of sp³-hybridized carbons (Fsp3) is 0.350. The molecule has 11 heteroatoms. The number of halogens is 1. The fourth-order valence-corrected chi connectivity index (χ4v) is 2.68. The molecule has 0 saturated carbocycles. The van der Waals surface area contributed by atoms with E-state index in [-0.39, 0.29) is 24.8 Å². The predicted octanol–water partition coefficient (Wildman–Crippen LogP) is 0.231. The van der Waals surface area contributed by atoms with Gasteiger partial charge < -0.3 is 15.5 Å². The van der Waals surface area contributed by atoms with Crippen molar-refractivity contribution in [2.24, 2.45) is 0 Å². The van der Waals surface area contributed by atoms with Crippen molar-refractivity contribution in [2.75, 3.05) is 14.1 Å². The zero-order chi connectivity index (χ0) is 23.7. The first kappa shape index (κ1) is 25.4. The standard InChI is InChI=1S/C16H20FN3O3.C4H4O4/c1-10(20-14(21)8-13(16(20)23)19(2)3)15(22)18-9-11-6-4-5-7-12(11)17;5-3(6)1-2-4(7)8/h4-7,10,13H,8-9H2,1-3H3,(H,18,22);1-2H,(H,5,6)(H,7,8)/b;2-1+/t10?,13-;/m0./s1. The molecule has 3 amide bonds. The molecule has 3 N–H and O–H groups in total. The molecule has 2 atom stereocenters. The van der Waals surface area contributed by atoms with Crippen molar-refractivity contribution in [1.82, 2.24) is 15.1 Å². The van der Waals surface area contributed by atoms with Crippen molar-refractivity contribution >= 4 is 29.7 Å². The molecule has 0 aliphatic carbocycles. The molecule has 168 valence electrons. The lowest BCUT2D eigenvalue weighted by Gasteiger charge is -2.23. The largest absolute Gasteiger partial charge is 0.478 e. The average Bonchev–Trinajstić information content (AvgIpc) is 2.99. The molecule has 1 aromatic carbocycles. The quantitative estimate of drug-likeness (QED) is 0.406. The molecular weight excluding hydrogens is 413 g/mol. The number of benzene rings is 1.